The Morgan fingerprint density at radius 3 is 2.38 bits per heavy atom. The van der Waals surface area contributed by atoms with E-state index in [4.69, 9.17) is 16.7 Å². The first-order valence-corrected chi connectivity index (χ1v) is 8.92. The van der Waals surface area contributed by atoms with Crippen LogP contribution in [-0.2, 0) is 4.79 Å². The number of amides is 1. The number of non-ortho nitro benzene ring substituents is 1. The molecule has 8 heteroatoms. The van der Waals surface area contributed by atoms with Gasteiger partial charge < -0.3 is 16.4 Å². The van der Waals surface area contributed by atoms with E-state index in [-0.39, 0.29) is 11.6 Å². The molecule has 1 saturated carbocycles. The first-order chi connectivity index (χ1) is 12.4. The van der Waals surface area contributed by atoms with Crippen molar-refractivity contribution in [2.75, 3.05) is 18.0 Å². The maximum atomic E-state index is 10.6. The van der Waals surface area contributed by atoms with Crippen LogP contribution in [0.15, 0.2) is 18.2 Å². The molecule has 0 spiro atoms. The molecule has 1 aliphatic heterocycles. The highest BCUT2D eigenvalue weighted by Crippen LogP contribution is 2.28. The minimum atomic E-state index is -0.478. The highest BCUT2D eigenvalue weighted by molar-refractivity contribution is 5.79. The predicted octanol–water partition coefficient (Wildman–Crippen LogP) is 2.06. The number of nitro benzene ring substituents is 1. The smallest absolute Gasteiger partial charge is 0.270 e. The second kappa shape index (κ2) is 9.15. The molecule has 2 fully saturated rings. The van der Waals surface area contributed by atoms with Crippen LogP contribution in [-0.4, -0.2) is 30.0 Å². The largest absolute Gasteiger partial charge is 0.370 e. The van der Waals surface area contributed by atoms with Crippen LogP contribution in [0.2, 0.25) is 0 Å². The summed E-state index contributed by atoms with van der Waals surface area (Å²) in [5.41, 5.74) is 11.8. The van der Waals surface area contributed by atoms with E-state index in [1.165, 1.54) is 25.0 Å². The predicted molar refractivity (Wildman–Crippen MR) is 98.4 cm³/mol. The Bertz CT molecular complexity index is 689. The molecule has 3 rings (SSSR count). The van der Waals surface area contributed by atoms with Gasteiger partial charge >= 0.3 is 0 Å². The second-order valence-electron chi connectivity index (χ2n) is 6.74. The summed E-state index contributed by atoms with van der Waals surface area (Å²) in [6.45, 7) is 1.85. The lowest BCUT2D eigenvalue weighted by atomic mass is 9.99. The SMILES string of the molecule is N#Cc1cc([N+](=O)[O-])ccc1N1CCCC1.NC(=O)C(N)C1CCCC1. The number of hydrogen-bond donors (Lipinski definition) is 2. The lowest BCUT2D eigenvalue weighted by Gasteiger charge is -2.18. The van der Waals surface area contributed by atoms with Crippen molar-refractivity contribution in [3.63, 3.8) is 0 Å². The fourth-order valence-corrected chi connectivity index (χ4v) is 3.51. The van der Waals surface area contributed by atoms with Crippen molar-refractivity contribution in [3.8, 4) is 6.07 Å². The summed E-state index contributed by atoms with van der Waals surface area (Å²) in [5.74, 6) is 0.00407. The first-order valence-electron chi connectivity index (χ1n) is 8.92. The van der Waals surface area contributed by atoms with Gasteiger partial charge in [0.2, 0.25) is 5.91 Å². The third kappa shape index (κ3) is 4.92. The molecule has 1 heterocycles. The van der Waals surface area contributed by atoms with Crippen LogP contribution in [0.25, 0.3) is 0 Å². The first kappa shape index (κ1) is 19.7. The zero-order valence-electron chi connectivity index (χ0n) is 14.8. The van der Waals surface area contributed by atoms with Crippen molar-refractivity contribution in [1.29, 1.82) is 5.26 Å². The number of primary amides is 1. The van der Waals surface area contributed by atoms with E-state index < -0.39 is 11.0 Å². The van der Waals surface area contributed by atoms with Gasteiger partial charge in [-0.1, -0.05) is 12.8 Å². The Labute approximate surface area is 152 Å². The molecular formula is C18H25N5O3. The van der Waals surface area contributed by atoms with E-state index >= 15 is 0 Å². The molecule has 26 heavy (non-hydrogen) atoms. The highest BCUT2D eigenvalue weighted by Gasteiger charge is 2.25. The normalized spacial score (nSPS) is 17.9. The van der Waals surface area contributed by atoms with Crippen molar-refractivity contribution >= 4 is 17.3 Å². The summed E-state index contributed by atoms with van der Waals surface area (Å²) in [4.78, 5) is 22.8. The average molecular weight is 359 g/mol. The van der Waals surface area contributed by atoms with Crippen LogP contribution in [0.4, 0.5) is 11.4 Å². The maximum Gasteiger partial charge on any atom is 0.270 e. The Morgan fingerprint density at radius 2 is 1.88 bits per heavy atom. The molecule has 1 unspecified atom stereocenters. The van der Waals surface area contributed by atoms with E-state index in [9.17, 15) is 14.9 Å². The van der Waals surface area contributed by atoms with E-state index in [1.807, 2.05) is 6.07 Å². The van der Waals surface area contributed by atoms with Crippen LogP contribution in [0.1, 0.15) is 44.1 Å². The number of nitrogens with two attached hydrogens (primary N) is 2. The lowest BCUT2D eigenvalue weighted by molar-refractivity contribution is -0.384. The molecule has 1 aromatic carbocycles. The van der Waals surface area contributed by atoms with Crippen molar-refractivity contribution in [3.05, 3.63) is 33.9 Å². The van der Waals surface area contributed by atoms with Crippen molar-refractivity contribution in [2.45, 2.75) is 44.6 Å². The van der Waals surface area contributed by atoms with E-state index in [0.717, 1.165) is 44.5 Å². The van der Waals surface area contributed by atoms with Gasteiger partial charge in [-0.05, 0) is 37.7 Å². The molecule has 0 bridgehead atoms. The number of rotatable bonds is 4. The number of carbonyl (C=O) groups excluding carboxylic acids is 1. The third-order valence-electron chi connectivity index (χ3n) is 4.99. The van der Waals surface area contributed by atoms with Crippen LogP contribution in [0.3, 0.4) is 0 Å². The molecule has 0 aromatic heterocycles. The number of nitriles is 1. The Balaban J connectivity index is 0.000000209. The summed E-state index contributed by atoms with van der Waals surface area (Å²) < 4.78 is 0. The van der Waals surface area contributed by atoms with Crippen molar-refractivity contribution in [2.24, 2.45) is 17.4 Å². The number of hydrogen-bond acceptors (Lipinski definition) is 6. The van der Waals surface area contributed by atoms with Gasteiger partial charge in [0.25, 0.3) is 5.69 Å². The van der Waals surface area contributed by atoms with Crippen LogP contribution in [0, 0.1) is 27.4 Å². The van der Waals surface area contributed by atoms with Crippen molar-refractivity contribution < 1.29 is 9.72 Å². The summed E-state index contributed by atoms with van der Waals surface area (Å²) in [7, 11) is 0. The van der Waals surface area contributed by atoms with Crippen molar-refractivity contribution in [1.82, 2.24) is 0 Å². The Kier molecular flexibility index (Phi) is 6.92. The number of nitro groups is 1. The standard InChI is InChI=1S/C11H11N3O2.C7H14N2O/c12-8-9-7-10(14(15)16)3-4-11(9)13-5-1-2-6-13;8-6(7(9)10)5-3-1-2-4-5/h3-4,7H,1-2,5-6H2;5-6H,1-4,8H2,(H2,9,10). The van der Waals surface area contributed by atoms with Gasteiger partial charge in [0.05, 0.1) is 22.2 Å². The number of anilines is 1. The molecule has 1 saturated heterocycles. The van der Waals surface area contributed by atoms with Gasteiger partial charge in [0.1, 0.15) is 6.07 Å². The van der Waals surface area contributed by atoms with Crippen LogP contribution in [0.5, 0.6) is 0 Å². The lowest BCUT2D eigenvalue weighted by Crippen LogP contribution is -2.41. The highest BCUT2D eigenvalue weighted by atomic mass is 16.6. The minimum Gasteiger partial charge on any atom is -0.370 e. The molecule has 8 nitrogen and oxygen atoms in total. The maximum absolute atomic E-state index is 10.6. The van der Waals surface area contributed by atoms with Gasteiger partial charge in [-0.15, -0.1) is 0 Å². The van der Waals surface area contributed by atoms with Gasteiger partial charge in [-0.3, -0.25) is 14.9 Å². The third-order valence-corrected chi connectivity index (χ3v) is 4.99. The molecule has 1 atom stereocenters. The Morgan fingerprint density at radius 1 is 1.27 bits per heavy atom. The number of nitrogens with zero attached hydrogens (tertiary/aromatic N) is 3. The molecule has 1 amide bonds. The second-order valence-corrected chi connectivity index (χ2v) is 6.74. The van der Waals surface area contributed by atoms with Gasteiger partial charge in [0, 0.05) is 25.2 Å². The monoisotopic (exact) mass is 359 g/mol. The van der Waals surface area contributed by atoms with E-state index in [2.05, 4.69) is 4.90 Å². The molecular weight excluding hydrogens is 334 g/mol. The quantitative estimate of drug-likeness (QED) is 0.623. The zero-order valence-corrected chi connectivity index (χ0v) is 14.8. The van der Waals surface area contributed by atoms with Gasteiger partial charge in [0.15, 0.2) is 0 Å². The molecule has 1 aromatic rings. The molecule has 0 radical (unpaired) electrons. The summed E-state index contributed by atoms with van der Waals surface area (Å²) in [5, 5.41) is 19.6. The fourth-order valence-electron chi connectivity index (χ4n) is 3.51. The molecule has 1 aliphatic carbocycles. The average Bonchev–Trinajstić information content (AvgIpc) is 3.34. The summed E-state index contributed by atoms with van der Waals surface area (Å²) in [6, 6.07) is 6.08. The minimum absolute atomic E-state index is 0.0282. The molecule has 2 aliphatic rings. The number of carbonyl (C=O) groups is 1. The topological polar surface area (TPSA) is 139 Å². The van der Waals surface area contributed by atoms with Gasteiger partial charge in [-0.2, -0.15) is 5.26 Å². The zero-order chi connectivity index (χ0) is 19.1. The van der Waals surface area contributed by atoms with Crippen LogP contribution < -0.4 is 16.4 Å². The van der Waals surface area contributed by atoms with Gasteiger partial charge in [-0.25, -0.2) is 0 Å². The summed E-state index contributed by atoms with van der Waals surface area (Å²) in [6.07, 6.45) is 6.77. The van der Waals surface area contributed by atoms with E-state index in [1.54, 1.807) is 6.07 Å². The fraction of sp³-hybridized carbons (Fsp3) is 0.556. The Hall–Kier alpha value is -2.66. The number of benzene rings is 1. The van der Waals surface area contributed by atoms with Crippen LogP contribution >= 0.6 is 0 Å². The van der Waals surface area contributed by atoms with E-state index in [0.29, 0.717) is 11.5 Å². The molecule has 140 valence electrons. The molecule has 4 N–H and O–H groups in total. The summed E-state index contributed by atoms with van der Waals surface area (Å²) >= 11 is 0.